The molecule has 1 amide bonds. The second-order valence-corrected chi connectivity index (χ2v) is 10.9. The Morgan fingerprint density at radius 2 is 1.70 bits per heavy atom. The zero-order valence-corrected chi connectivity index (χ0v) is 22.4. The van der Waals surface area contributed by atoms with Crippen LogP contribution in [0.15, 0.2) is 66.7 Å². The Morgan fingerprint density at radius 1 is 1.03 bits per heavy atom. The predicted molar refractivity (Wildman–Crippen MR) is 147 cm³/mol. The van der Waals surface area contributed by atoms with Gasteiger partial charge in [0.15, 0.2) is 0 Å². The number of carbonyl (C=O) groups excluding carboxylic acids is 1. The fraction of sp³-hybridized carbons (Fsp3) is 0.355. The van der Waals surface area contributed by atoms with Crippen LogP contribution in [0, 0.1) is 0 Å². The fourth-order valence-corrected chi connectivity index (χ4v) is 4.94. The van der Waals surface area contributed by atoms with Crippen LogP contribution in [-0.4, -0.2) is 40.6 Å². The Bertz CT molecular complexity index is 1250. The van der Waals surface area contributed by atoms with Gasteiger partial charge in [-0.25, -0.2) is 0 Å². The summed E-state index contributed by atoms with van der Waals surface area (Å²) in [5.41, 5.74) is 4.69. The lowest BCUT2D eigenvalue weighted by atomic mass is 9.86. The van der Waals surface area contributed by atoms with E-state index >= 15 is 0 Å². The summed E-state index contributed by atoms with van der Waals surface area (Å²) in [7, 11) is 0. The summed E-state index contributed by atoms with van der Waals surface area (Å²) < 4.78 is 6.45. The number of benzene rings is 3. The summed E-state index contributed by atoms with van der Waals surface area (Å²) in [5, 5.41) is 10.0. The largest absolute Gasteiger partial charge is 0.487 e. The maximum Gasteiger partial charge on any atom is 0.323 e. The summed E-state index contributed by atoms with van der Waals surface area (Å²) in [6.45, 7) is 6.46. The van der Waals surface area contributed by atoms with Crippen molar-refractivity contribution in [3.05, 3.63) is 99.6 Å². The molecule has 0 unspecified atom stereocenters. The highest BCUT2D eigenvalue weighted by Crippen LogP contribution is 2.36. The van der Waals surface area contributed by atoms with Gasteiger partial charge in [0.2, 0.25) is 0 Å². The van der Waals surface area contributed by atoms with E-state index in [9.17, 15) is 14.7 Å². The number of halogens is 1. The van der Waals surface area contributed by atoms with E-state index in [1.807, 2.05) is 24.3 Å². The number of carboxylic acid groups (broad SMARTS) is 1. The zero-order valence-electron chi connectivity index (χ0n) is 21.7. The van der Waals surface area contributed by atoms with Gasteiger partial charge in [-0.1, -0.05) is 61.8 Å². The number of hydrogen-bond acceptors (Lipinski definition) is 3. The van der Waals surface area contributed by atoms with Gasteiger partial charge < -0.3 is 14.7 Å². The number of nitrogens with zero attached hydrogens (tertiary/aromatic N) is 1. The molecule has 0 fully saturated rings. The third kappa shape index (κ3) is 6.92. The summed E-state index contributed by atoms with van der Waals surface area (Å²) >= 11 is 5.95. The first kappa shape index (κ1) is 26.7. The summed E-state index contributed by atoms with van der Waals surface area (Å²) in [4.78, 5) is 26.1. The van der Waals surface area contributed by atoms with Crippen molar-refractivity contribution in [3.8, 4) is 5.75 Å². The van der Waals surface area contributed by atoms with Crippen LogP contribution in [-0.2, 0) is 24.1 Å². The van der Waals surface area contributed by atoms with Crippen LogP contribution in [0.2, 0.25) is 5.02 Å². The molecular weight excluding hydrogens is 486 g/mol. The van der Waals surface area contributed by atoms with E-state index < -0.39 is 5.97 Å². The number of hydrogen-bond donors (Lipinski definition) is 1. The van der Waals surface area contributed by atoms with Gasteiger partial charge in [0, 0.05) is 23.6 Å². The molecule has 3 aromatic carbocycles. The van der Waals surface area contributed by atoms with Crippen molar-refractivity contribution in [1.29, 1.82) is 0 Å². The number of carbonyl (C=O) groups is 2. The molecule has 4 rings (SSSR count). The first-order valence-electron chi connectivity index (χ1n) is 12.8. The Morgan fingerprint density at radius 3 is 2.35 bits per heavy atom. The zero-order chi connectivity index (χ0) is 26.6. The summed E-state index contributed by atoms with van der Waals surface area (Å²) in [6.07, 6.45) is 2.98. The van der Waals surface area contributed by atoms with Gasteiger partial charge in [0.1, 0.15) is 17.9 Å². The molecule has 3 aromatic rings. The number of aliphatic carboxylic acids is 1. The highest BCUT2D eigenvalue weighted by Gasteiger charge is 2.32. The smallest absolute Gasteiger partial charge is 0.323 e. The molecule has 194 valence electrons. The lowest BCUT2D eigenvalue weighted by Gasteiger charge is -2.36. The molecule has 0 saturated carbocycles. The number of aryl methyl sites for hydroxylation is 1. The second-order valence-electron chi connectivity index (χ2n) is 10.4. The van der Waals surface area contributed by atoms with Crippen molar-refractivity contribution >= 4 is 23.5 Å². The van der Waals surface area contributed by atoms with E-state index in [-0.39, 0.29) is 18.1 Å². The highest BCUT2D eigenvalue weighted by atomic mass is 35.5. The normalized spacial score (nSPS) is 16.7. The average molecular weight is 520 g/mol. The fourth-order valence-electron chi connectivity index (χ4n) is 4.81. The lowest BCUT2D eigenvalue weighted by Crippen LogP contribution is -2.39. The first-order chi connectivity index (χ1) is 17.6. The van der Waals surface area contributed by atoms with Crippen LogP contribution in [0.3, 0.4) is 0 Å². The monoisotopic (exact) mass is 519 g/mol. The molecule has 1 aliphatic heterocycles. The van der Waals surface area contributed by atoms with Gasteiger partial charge in [-0.2, -0.15) is 0 Å². The van der Waals surface area contributed by atoms with E-state index in [1.54, 1.807) is 18.2 Å². The summed E-state index contributed by atoms with van der Waals surface area (Å²) in [6, 6.07) is 21.5. The molecule has 0 bridgehead atoms. The van der Waals surface area contributed by atoms with Gasteiger partial charge in [0.05, 0.1) is 0 Å². The molecule has 0 aromatic heterocycles. The minimum Gasteiger partial charge on any atom is -0.487 e. The van der Waals surface area contributed by atoms with Crippen LogP contribution < -0.4 is 4.74 Å². The molecule has 0 saturated heterocycles. The lowest BCUT2D eigenvalue weighted by molar-refractivity contribution is -0.137. The number of ether oxygens (including phenoxy) is 1. The van der Waals surface area contributed by atoms with Crippen molar-refractivity contribution in [2.24, 2.45) is 0 Å². The van der Waals surface area contributed by atoms with Crippen molar-refractivity contribution < 1.29 is 19.4 Å². The number of carboxylic acids is 1. The molecule has 0 radical (unpaired) electrons. The third-order valence-corrected chi connectivity index (χ3v) is 7.26. The Balaban J connectivity index is 1.45. The van der Waals surface area contributed by atoms with Crippen molar-refractivity contribution in [1.82, 2.24) is 4.90 Å². The molecule has 37 heavy (non-hydrogen) atoms. The highest BCUT2D eigenvalue weighted by molar-refractivity contribution is 6.30. The number of amides is 1. The second kappa shape index (κ2) is 11.4. The van der Waals surface area contributed by atoms with E-state index in [4.69, 9.17) is 16.3 Å². The number of rotatable bonds is 9. The molecule has 1 aliphatic rings. The molecular formula is C31H34ClNO4. The molecule has 6 heteroatoms. The van der Waals surface area contributed by atoms with Crippen LogP contribution in [0.25, 0.3) is 0 Å². The third-order valence-electron chi connectivity index (χ3n) is 7.01. The Kier molecular flexibility index (Phi) is 8.23. The molecule has 0 spiro atoms. The van der Waals surface area contributed by atoms with E-state index in [1.165, 1.54) is 16.0 Å². The Hall–Kier alpha value is -3.31. The average Bonchev–Trinajstić information content (AvgIpc) is 2.86. The summed E-state index contributed by atoms with van der Waals surface area (Å²) in [5.74, 6) is -0.0426. The Labute approximate surface area is 224 Å². The van der Waals surface area contributed by atoms with E-state index in [2.05, 4.69) is 45.0 Å². The van der Waals surface area contributed by atoms with Crippen LogP contribution >= 0.6 is 11.6 Å². The maximum atomic E-state index is 13.3. The molecule has 1 N–H and O–H groups in total. The first-order valence-corrected chi connectivity index (χ1v) is 13.2. The topological polar surface area (TPSA) is 66.8 Å². The van der Waals surface area contributed by atoms with Gasteiger partial charge in [-0.3, -0.25) is 9.59 Å². The van der Waals surface area contributed by atoms with E-state index in [0.29, 0.717) is 29.5 Å². The van der Waals surface area contributed by atoms with Crippen molar-refractivity contribution in [2.45, 2.75) is 58.0 Å². The van der Waals surface area contributed by atoms with Crippen molar-refractivity contribution in [3.63, 3.8) is 0 Å². The molecule has 0 aliphatic carbocycles. The minimum atomic E-state index is -1.04. The van der Waals surface area contributed by atoms with E-state index in [0.717, 1.165) is 36.1 Å². The quantitative estimate of drug-likeness (QED) is 0.347. The molecule has 1 atom stereocenters. The van der Waals surface area contributed by atoms with Crippen molar-refractivity contribution in [2.75, 3.05) is 13.1 Å². The van der Waals surface area contributed by atoms with Crippen LogP contribution in [0.5, 0.6) is 5.75 Å². The minimum absolute atomic E-state index is 0.294. The predicted octanol–water partition coefficient (Wildman–Crippen LogP) is 6.56. The molecule has 5 nitrogen and oxygen atoms in total. The van der Waals surface area contributed by atoms with Gasteiger partial charge >= 0.3 is 5.97 Å². The standard InChI is InChI=1S/C31H34ClNO4/c1-21(2)24-8-4-23(5-9-24)19-31(3)16-14-25-18-26(10-13-28(25)37-31)30(36)33(20-29(34)35)17-15-22-6-11-27(32)12-7-22/h4-13,18,21H,14-17,19-20H2,1-3H3,(H,34,35)/t31-/m1/s1. The number of fused-ring (bicyclic) bond motifs is 1. The molecule has 1 heterocycles. The van der Waals surface area contributed by atoms with Gasteiger partial charge in [-0.15, -0.1) is 0 Å². The van der Waals surface area contributed by atoms with Crippen LogP contribution in [0.4, 0.5) is 0 Å². The van der Waals surface area contributed by atoms with Gasteiger partial charge in [0.25, 0.3) is 5.91 Å². The van der Waals surface area contributed by atoms with Gasteiger partial charge in [-0.05, 0) is 84.7 Å². The maximum absolute atomic E-state index is 13.3. The SMILES string of the molecule is CC(C)c1ccc(C[C@@]2(C)CCc3cc(C(=O)N(CCc4ccc(Cl)cc4)CC(=O)O)ccc3O2)cc1. The van der Waals surface area contributed by atoms with Crippen LogP contribution in [0.1, 0.15) is 65.7 Å².